The summed E-state index contributed by atoms with van der Waals surface area (Å²) in [6.07, 6.45) is 1.70. The number of carbonyl (C=O) groups excluding carboxylic acids is 1. The van der Waals surface area contributed by atoms with Crippen LogP contribution in [-0.4, -0.2) is 25.3 Å². The largest absolute Gasteiger partial charge is 0.490 e. The van der Waals surface area contributed by atoms with Gasteiger partial charge in [0.1, 0.15) is 0 Å². The van der Waals surface area contributed by atoms with Crippen LogP contribution >= 0.6 is 0 Å². The Kier molecular flexibility index (Phi) is 7.44. The number of rotatable bonds is 9. The first-order chi connectivity index (χ1) is 14.7. The molecular weight excluding hydrogens is 378 g/mol. The van der Waals surface area contributed by atoms with Gasteiger partial charge < -0.3 is 14.8 Å². The van der Waals surface area contributed by atoms with E-state index >= 15 is 0 Å². The minimum Gasteiger partial charge on any atom is -0.490 e. The normalized spacial score (nSPS) is 10.6. The van der Waals surface area contributed by atoms with Gasteiger partial charge >= 0.3 is 0 Å². The highest BCUT2D eigenvalue weighted by molar-refractivity contribution is 5.92. The second-order valence-electron chi connectivity index (χ2n) is 6.53. The van der Waals surface area contributed by atoms with Crippen molar-refractivity contribution in [2.45, 2.75) is 13.8 Å². The molecule has 0 unspecified atom stereocenters. The Balaban J connectivity index is 1.61. The van der Waals surface area contributed by atoms with E-state index in [1.807, 2.05) is 80.6 Å². The second kappa shape index (κ2) is 10.7. The third-order valence-electron chi connectivity index (χ3n) is 4.23. The third-order valence-corrected chi connectivity index (χ3v) is 4.23. The molecule has 3 aromatic rings. The topological polar surface area (TPSA) is 71.9 Å². The molecule has 0 aliphatic carbocycles. The number of benzene rings is 3. The molecule has 0 heterocycles. The fraction of sp³-hybridized carbons (Fsp3) is 0.167. The Bertz CT molecular complexity index is 1000. The van der Waals surface area contributed by atoms with Crippen LogP contribution in [0.3, 0.4) is 0 Å². The molecule has 0 saturated heterocycles. The summed E-state index contributed by atoms with van der Waals surface area (Å²) < 4.78 is 11.4. The van der Waals surface area contributed by atoms with E-state index in [0.717, 1.165) is 22.5 Å². The molecular formula is C24H25N3O3. The first-order valence-electron chi connectivity index (χ1n) is 9.75. The quantitative estimate of drug-likeness (QED) is 0.395. The molecule has 3 aromatic carbocycles. The average molecular weight is 403 g/mol. The van der Waals surface area contributed by atoms with Crippen LogP contribution in [0.2, 0.25) is 0 Å². The summed E-state index contributed by atoms with van der Waals surface area (Å²) in [6, 6.07) is 22.7. The van der Waals surface area contributed by atoms with E-state index in [9.17, 15) is 4.79 Å². The fourth-order valence-corrected chi connectivity index (χ4v) is 2.73. The summed E-state index contributed by atoms with van der Waals surface area (Å²) >= 11 is 0. The van der Waals surface area contributed by atoms with Crippen LogP contribution in [0.15, 0.2) is 77.9 Å². The molecule has 30 heavy (non-hydrogen) atoms. The summed E-state index contributed by atoms with van der Waals surface area (Å²) in [6.45, 7) is 4.20. The Morgan fingerprint density at radius 3 is 2.50 bits per heavy atom. The standard InChI is InChI=1S/C24H25N3O3/c1-3-29-23-15-19(16-25-27-20-10-5-4-6-11-20)13-14-22(23)30-17-24(28)26-21-12-8-7-9-18(21)2/h4-16,27H,3,17H2,1-2H3,(H,26,28). The Morgan fingerprint density at radius 2 is 1.73 bits per heavy atom. The number of carbonyl (C=O) groups is 1. The number of amides is 1. The zero-order valence-corrected chi connectivity index (χ0v) is 17.1. The van der Waals surface area contributed by atoms with Crippen LogP contribution < -0.4 is 20.2 Å². The van der Waals surface area contributed by atoms with E-state index in [2.05, 4.69) is 15.8 Å². The van der Waals surface area contributed by atoms with Gasteiger partial charge in [0.05, 0.1) is 18.5 Å². The number of aryl methyl sites for hydroxylation is 1. The summed E-state index contributed by atoms with van der Waals surface area (Å²) in [5.41, 5.74) is 6.48. The van der Waals surface area contributed by atoms with Crippen LogP contribution in [0.1, 0.15) is 18.1 Å². The Hall–Kier alpha value is -3.80. The first-order valence-corrected chi connectivity index (χ1v) is 9.75. The lowest BCUT2D eigenvalue weighted by atomic mass is 10.2. The van der Waals surface area contributed by atoms with E-state index in [1.54, 1.807) is 12.3 Å². The minimum absolute atomic E-state index is 0.114. The van der Waals surface area contributed by atoms with Gasteiger partial charge in [0.25, 0.3) is 5.91 Å². The molecule has 0 aliphatic rings. The van der Waals surface area contributed by atoms with Gasteiger partial charge in [-0.3, -0.25) is 10.2 Å². The molecule has 0 fully saturated rings. The minimum atomic E-state index is -0.232. The van der Waals surface area contributed by atoms with Crippen molar-refractivity contribution < 1.29 is 14.3 Å². The SMILES string of the molecule is CCOc1cc(C=NNc2ccccc2)ccc1OCC(=O)Nc1ccccc1C. The van der Waals surface area contributed by atoms with Crippen molar-refractivity contribution in [1.29, 1.82) is 0 Å². The van der Waals surface area contributed by atoms with Gasteiger partial charge in [0, 0.05) is 5.69 Å². The summed E-state index contributed by atoms with van der Waals surface area (Å²) in [5.74, 6) is 0.833. The number of hydrogen-bond acceptors (Lipinski definition) is 5. The predicted molar refractivity (Wildman–Crippen MR) is 121 cm³/mol. The van der Waals surface area contributed by atoms with Crippen LogP contribution in [-0.2, 0) is 4.79 Å². The zero-order chi connectivity index (χ0) is 21.2. The second-order valence-corrected chi connectivity index (χ2v) is 6.53. The van der Waals surface area contributed by atoms with Gasteiger partial charge in [0.2, 0.25) is 0 Å². The average Bonchev–Trinajstić information content (AvgIpc) is 2.76. The predicted octanol–water partition coefficient (Wildman–Crippen LogP) is 4.86. The van der Waals surface area contributed by atoms with Crippen molar-refractivity contribution >= 4 is 23.5 Å². The molecule has 3 rings (SSSR count). The van der Waals surface area contributed by atoms with Crippen LogP contribution in [0.5, 0.6) is 11.5 Å². The number of nitrogens with zero attached hydrogens (tertiary/aromatic N) is 1. The van der Waals surface area contributed by atoms with E-state index in [4.69, 9.17) is 9.47 Å². The molecule has 2 N–H and O–H groups in total. The monoisotopic (exact) mass is 403 g/mol. The molecule has 0 aliphatic heterocycles. The highest BCUT2D eigenvalue weighted by Gasteiger charge is 2.10. The summed E-state index contributed by atoms with van der Waals surface area (Å²) in [4.78, 5) is 12.2. The van der Waals surface area contributed by atoms with E-state index in [0.29, 0.717) is 18.1 Å². The van der Waals surface area contributed by atoms with Gasteiger partial charge in [-0.1, -0.05) is 36.4 Å². The first kappa shape index (κ1) is 20.9. The molecule has 6 heteroatoms. The summed E-state index contributed by atoms with van der Waals surface area (Å²) in [7, 11) is 0. The van der Waals surface area contributed by atoms with Gasteiger partial charge in [0.15, 0.2) is 18.1 Å². The smallest absolute Gasteiger partial charge is 0.262 e. The van der Waals surface area contributed by atoms with Gasteiger partial charge in [-0.25, -0.2) is 0 Å². The number of nitrogens with one attached hydrogen (secondary N) is 2. The molecule has 0 spiro atoms. The number of para-hydroxylation sites is 2. The van der Waals surface area contributed by atoms with Gasteiger partial charge in [-0.05, 0) is 61.4 Å². The van der Waals surface area contributed by atoms with Crippen molar-refractivity contribution in [2.24, 2.45) is 5.10 Å². The van der Waals surface area contributed by atoms with Crippen LogP contribution in [0.25, 0.3) is 0 Å². The van der Waals surface area contributed by atoms with Gasteiger partial charge in [-0.2, -0.15) is 5.10 Å². The zero-order valence-electron chi connectivity index (χ0n) is 17.1. The van der Waals surface area contributed by atoms with Crippen LogP contribution in [0, 0.1) is 6.92 Å². The maximum Gasteiger partial charge on any atom is 0.262 e. The lowest BCUT2D eigenvalue weighted by Crippen LogP contribution is -2.20. The number of hydrazone groups is 1. The molecule has 0 aromatic heterocycles. The highest BCUT2D eigenvalue weighted by Crippen LogP contribution is 2.28. The number of anilines is 2. The molecule has 0 saturated carbocycles. The number of ether oxygens (including phenoxy) is 2. The van der Waals surface area contributed by atoms with E-state index in [1.165, 1.54) is 0 Å². The van der Waals surface area contributed by atoms with E-state index in [-0.39, 0.29) is 12.5 Å². The lowest BCUT2D eigenvalue weighted by molar-refractivity contribution is -0.118. The Morgan fingerprint density at radius 1 is 0.967 bits per heavy atom. The lowest BCUT2D eigenvalue weighted by Gasteiger charge is -2.13. The molecule has 0 atom stereocenters. The van der Waals surface area contributed by atoms with Crippen molar-refractivity contribution in [2.75, 3.05) is 24.0 Å². The molecule has 154 valence electrons. The van der Waals surface area contributed by atoms with E-state index < -0.39 is 0 Å². The number of hydrogen-bond donors (Lipinski definition) is 2. The maximum atomic E-state index is 12.2. The molecule has 6 nitrogen and oxygen atoms in total. The molecule has 0 bridgehead atoms. The van der Waals surface area contributed by atoms with Crippen molar-refractivity contribution in [3.05, 3.63) is 83.9 Å². The van der Waals surface area contributed by atoms with Crippen molar-refractivity contribution in [1.82, 2.24) is 0 Å². The fourth-order valence-electron chi connectivity index (χ4n) is 2.73. The Labute approximate surface area is 176 Å². The third kappa shape index (κ3) is 6.10. The molecule has 1 amide bonds. The van der Waals surface area contributed by atoms with Crippen molar-refractivity contribution in [3.63, 3.8) is 0 Å². The van der Waals surface area contributed by atoms with Crippen molar-refractivity contribution in [3.8, 4) is 11.5 Å². The molecule has 0 radical (unpaired) electrons. The van der Waals surface area contributed by atoms with Gasteiger partial charge in [-0.15, -0.1) is 0 Å². The van der Waals surface area contributed by atoms with Crippen LogP contribution in [0.4, 0.5) is 11.4 Å². The summed E-state index contributed by atoms with van der Waals surface area (Å²) in [5, 5.41) is 7.09. The highest BCUT2D eigenvalue weighted by atomic mass is 16.5. The maximum absolute atomic E-state index is 12.2.